The summed E-state index contributed by atoms with van der Waals surface area (Å²) in [5.41, 5.74) is 2.45. The lowest BCUT2D eigenvalue weighted by molar-refractivity contribution is 0.0699. The van der Waals surface area contributed by atoms with Crippen molar-refractivity contribution in [3.8, 4) is 0 Å². The Morgan fingerprint density at radius 2 is 1.68 bits per heavy atom. The first kappa shape index (κ1) is 13.1. The van der Waals surface area contributed by atoms with Crippen molar-refractivity contribution in [3.63, 3.8) is 0 Å². The zero-order valence-corrected chi connectivity index (χ0v) is 10.7. The van der Waals surface area contributed by atoms with Crippen molar-refractivity contribution >= 4 is 16.7 Å². The third-order valence-electron chi connectivity index (χ3n) is 3.07. The monoisotopic (exact) mass is 252 g/mol. The van der Waals surface area contributed by atoms with Crippen LogP contribution in [0.5, 0.6) is 0 Å². The summed E-state index contributed by atoms with van der Waals surface area (Å²) in [6.07, 6.45) is 5.07. The fourth-order valence-corrected chi connectivity index (χ4v) is 2.24. The quantitative estimate of drug-likeness (QED) is 0.817. The molecule has 0 aromatic heterocycles. The Bertz CT molecular complexity index is 648. The second-order valence-corrected chi connectivity index (χ2v) is 4.49. The Labute approximate surface area is 112 Å². The van der Waals surface area contributed by atoms with E-state index < -0.39 is 5.97 Å². The molecule has 2 aromatic rings. The van der Waals surface area contributed by atoms with E-state index in [9.17, 15) is 9.90 Å². The van der Waals surface area contributed by atoms with E-state index >= 15 is 0 Å². The minimum atomic E-state index is -0.896. The van der Waals surface area contributed by atoms with Crippen molar-refractivity contribution in [1.82, 2.24) is 0 Å². The summed E-state index contributed by atoms with van der Waals surface area (Å²) in [5.74, 6) is -0.896. The van der Waals surface area contributed by atoms with Crippen LogP contribution in [0.1, 0.15) is 21.5 Å². The summed E-state index contributed by atoms with van der Waals surface area (Å²) in [4.78, 5) is 11.3. The molecule has 0 heterocycles. The fraction of sp³-hybridized carbons (Fsp3) is 0.118. The molecule has 0 aliphatic heterocycles. The summed E-state index contributed by atoms with van der Waals surface area (Å²) >= 11 is 0. The summed E-state index contributed by atoms with van der Waals surface area (Å²) < 4.78 is 0. The van der Waals surface area contributed by atoms with Gasteiger partial charge in [-0.05, 0) is 40.8 Å². The number of carbonyl (C=O) groups is 1. The molecule has 0 bridgehead atoms. The van der Waals surface area contributed by atoms with Crippen LogP contribution in [0.3, 0.4) is 0 Å². The van der Waals surface area contributed by atoms with Gasteiger partial charge in [-0.2, -0.15) is 0 Å². The lowest BCUT2D eigenvalue weighted by Gasteiger charge is -2.08. The highest BCUT2D eigenvalue weighted by atomic mass is 16.4. The van der Waals surface area contributed by atoms with Crippen LogP contribution in [0.15, 0.2) is 55.6 Å². The molecule has 96 valence electrons. The van der Waals surface area contributed by atoms with Crippen molar-refractivity contribution in [2.45, 2.75) is 12.8 Å². The van der Waals surface area contributed by atoms with Gasteiger partial charge in [0, 0.05) is 0 Å². The SMILES string of the molecule is C=CCc1ccc2c(C(=O)O)cc(CC=C)cc2c1. The maximum atomic E-state index is 11.3. The topological polar surface area (TPSA) is 37.3 Å². The van der Waals surface area contributed by atoms with E-state index in [1.54, 1.807) is 12.1 Å². The maximum absolute atomic E-state index is 11.3. The minimum absolute atomic E-state index is 0.347. The van der Waals surface area contributed by atoms with Crippen LogP contribution < -0.4 is 0 Å². The largest absolute Gasteiger partial charge is 0.478 e. The Hall–Kier alpha value is -2.35. The fourth-order valence-electron chi connectivity index (χ4n) is 2.24. The molecule has 0 unspecified atom stereocenters. The van der Waals surface area contributed by atoms with E-state index in [-0.39, 0.29) is 0 Å². The number of hydrogen-bond acceptors (Lipinski definition) is 1. The maximum Gasteiger partial charge on any atom is 0.336 e. The van der Waals surface area contributed by atoms with Crippen molar-refractivity contribution in [3.05, 3.63) is 72.3 Å². The molecule has 0 saturated carbocycles. The Kier molecular flexibility index (Phi) is 3.81. The molecule has 2 aromatic carbocycles. The highest BCUT2D eigenvalue weighted by Gasteiger charge is 2.10. The summed E-state index contributed by atoms with van der Waals surface area (Å²) in [5, 5.41) is 11.0. The molecular formula is C17H16O2. The number of rotatable bonds is 5. The van der Waals surface area contributed by atoms with Gasteiger partial charge >= 0.3 is 5.97 Å². The van der Waals surface area contributed by atoms with Gasteiger partial charge in [-0.25, -0.2) is 4.79 Å². The van der Waals surface area contributed by atoms with Gasteiger partial charge < -0.3 is 5.11 Å². The molecule has 19 heavy (non-hydrogen) atoms. The molecule has 0 atom stereocenters. The molecule has 2 nitrogen and oxygen atoms in total. The van der Waals surface area contributed by atoms with Crippen LogP contribution in [0.25, 0.3) is 10.8 Å². The summed E-state index contributed by atoms with van der Waals surface area (Å²) in [7, 11) is 0. The van der Waals surface area contributed by atoms with Crippen LogP contribution in [-0.4, -0.2) is 11.1 Å². The average molecular weight is 252 g/mol. The molecule has 0 fully saturated rings. The van der Waals surface area contributed by atoms with Crippen molar-refractivity contribution in [2.75, 3.05) is 0 Å². The van der Waals surface area contributed by atoms with E-state index in [1.165, 1.54) is 0 Å². The smallest absolute Gasteiger partial charge is 0.336 e. The second kappa shape index (κ2) is 5.53. The first-order valence-electron chi connectivity index (χ1n) is 6.16. The normalized spacial score (nSPS) is 10.3. The van der Waals surface area contributed by atoms with Crippen LogP contribution in [0.2, 0.25) is 0 Å². The summed E-state index contributed by atoms with van der Waals surface area (Å²) in [6.45, 7) is 7.42. The number of carboxylic acid groups (broad SMARTS) is 1. The Balaban J connectivity index is 2.67. The van der Waals surface area contributed by atoms with Gasteiger partial charge in [-0.3, -0.25) is 0 Å². The van der Waals surface area contributed by atoms with E-state index in [0.29, 0.717) is 12.0 Å². The van der Waals surface area contributed by atoms with E-state index in [0.717, 1.165) is 28.3 Å². The number of benzene rings is 2. The average Bonchev–Trinajstić information content (AvgIpc) is 2.38. The molecule has 1 N–H and O–H groups in total. The Morgan fingerprint density at radius 3 is 2.32 bits per heavy atom. The van der Waals surface area contributed by atoms with E-state index in [4.69, 9.17) is 0 Å². The van der Waals surface area contributed by atoms with Gasteiger partial charge in [0.25, 0.3) is 0 Å². The van der Waals surface area contributed by atoms with Crippen LogP contribution in [0.4, 0.5) is 0 Å². The third kappa shape index (κ3) is 2.74. The molecule has 0 saturated heterocycles. The molecule has 0 radical (unpaired) electrons. The molecule has 0 aliphatic carbocycles. The van der Waals surface area contributed by atoms with Crippen LogP contribution in [-0.2, 0) is 12.8 Å². The molecule has 2 heteroatoms. The van der Waals surface area contributed by atoms with Gasteiger partial charge in [0.15, 0.2) is 0 Å². The number of aromatic carboxylic acids is 1. The molecule has 0 amide bonds. The molecule has 2 rings (SSSR count). The highest BCUT2D eigenvalue weighted by Crippen LogP contribution is 2.23. The van der Waals surface area contributed by atoms with Gasteiger partial charge in [0.05, 0.1) is 5.56 Å². The number of fused-ring (bicyclic) bond motifs is 1. The number of allylic oxidation sites excluding steroid dienone is 2. The summed E-state index contributed by atoms with van der Waals surface area (Å²) in [6, 6.07) is 9.59. The zero-order chi connectivity index (χ0) is 13.8. The highest BCUT2D eigenvalue weighted by molar-refractivity contribution is 6.04. The van der Waals surface area contributed by atoms with Crippen molar-refractivity contribution in [1.29, 1.82) is 0 Å². The zero-order valence-electron chi connectivity index (χ0n) is 10.7. The second-order valence-electron chi connectivity index (χ2n) is 4.49. The third-order valence-corrected chi connectivity index (χ3v) is 3.07. The lowest BCUT2D eigenvalue weighted by atomic mass is 9.97. The Morgan fingerprint density at radius 1 is 1.05 bits per heavy atom. The van der Waals surface area contributed by atoms with Crippen molar-refractivity contribution < 1.29 is 9.90 Å². The first-order valence-corrected chi connectivity index (χ1v) is 6.16. The molecule has 0 spiro atoms. The van der Waals surface area contributed by atoms with Gasteiger partial charge in [-0.1, -0.05) is 36.4 Å². The number of carboxylic acids is 1. The minimum Gasteiger partial charge on any atom is -0.478 e. The van der Waals surface area contributed by atoms with Crippen LogP contribution >= 0.6 is 0 Å². The van der Waals surface area contributed by atoms with E-state index in [1.807, 2.05) is 30.3 Å². The predicted molar refractivity (Wildman–Crippen MR) is 78.7 cm³/mol. The number of hydrogen-bond donors (Lipinski definition) is 1. The molecule has 0 aliphatic rings. The lowest BCUT2D eigenvalue weighted by Crippen LogP contribution is -1.99. The predicted octanol–water partition coefficient (Wildman–Crippen LogP) is 4.00. The molecular weight excluding hydrogens is 236 g/mol. The van der Waals surface area contributed by atoms with E-state index in [2.05, 4.69) is 13.2 Å². The van der Waals surface area contributed by atoms with Crippen molar-refractivity contribution in [2.24, 2.45) is 0 Å². The van der Waals surface area contributed by atoms with Gasteiger partial charge in [-0.15, -0.1) is 13.2 Å². The van der Waals surface area contributed by atoms with Crippen LogP contribution in [0, 0.1) is 0 Å². The standard InChI is InChI=1S/C17H16O2/c1-3-5-12-7-8-15-14(9-12)10-13(6-4-2)11-16(15)17(18)19/h3-4,7-11H,1-2,5-6H2,(H,18,19). The van der Waals surface area contributed by atoms with Gasteiger partial charge in [0.1, 0.15) is 0 Å². The van der Waals surface area contributed by atoms with Gasteiger partial charge in [0.2, 0.25) is 0 Å². The first-order chi connectivity index (χ1) is 9.15.